The van der Waals surface area contributed by atoms with E-state index in [-0.39, 0.29) is 12.5 Å². The van der Waals surface area contributed by atoms with E-state index in [1.807, 2.05) is 0 Å². The monoisotopic (exact) mass is 214 g/mol. The van der Waals surface area contributed by atoms with Crippen LogP contribution in [0.3, 0.4) is 0 Å². The van der Waals surface area contributed by atoms with E-state index in [9.17, 15) is 9.59 Å². The van der Waals surface area contributed by atoms with E-state index in [2.05, 4.69) is 5.32 Å². The number of carbonyl (C=O) groups excluding carboxylic acids is 1. The molecule has 1 aliphatic heterocycles. The van der Waals surface area contributed by atoms with Crippen molar-refractivity contribution >= 4 is 11.9 Å². The fourth-order valence-corrected chi connectivity index (χ4v) is 1.45. The molecule has 1 saturated heterocycles. The molecule has 0 spiro atoms. The average molecular weight is 214 g/mol. The lowest BCUT2D eigenvalue weighted by Gasteiger charge is -2.23. The lowest BCUT2D eigenvalue weighted by molar-refractivity contribution is -0.143. The predicted molar refractivity (Wildman–Crippen MR) is 55.5 cm³/mol. The topological polar surface area (TPSA) is 69.6 Å². The Labute approximate surface area is 89.4 Å². The van der Waals surface area contributed by atoms with Crippen molar-refractivity contribution in [1.29, 1.82) is 0 Å². The van der Waals surface area contributed by atoms with E-state index in [4.69, 9.17) is 5.11 Å². The van der Waals surface area contributed by atoms with Crippen molar-refractivity contribution in [2.45, 2.75) is 32.2 Å². The second-order valence-electron chi connectivity index (χ2n) is 4.37. The van der Waals surface area contributed by atoms with Crippen molar-refractivity contribution < 1.29 is 14.7 Å². The fraction of sp³-hybridized carbons (Fsp3) is 0.800. The Morgan fingerprint density at radius 2 is 1.87 bits per heavy atom. The summed E-state index contributed by atoms with van der Waals surface area (Å²) >= 11 is 0. The van der Waals surface area contributed by atoms with Crippen LogP contribution in [-0.4, -0.2) is 47.1 Å². The molecule has 0 aromatic carbocycles. The molecule has 2 N–H and O–H groups in total. The van der Waals surface area contributed by atoms with E-state index in [0.29, 0.717) is 0 Å². The Morgan fingerprint density at radius 3 is 2.33 bits per heavy atom. The van der Waals surface area contributed by atoms with Gasteiger partial charge in [-0.05, 0) is 26.7 Å². The van der Waals surface area contributed by atoms with E-state index < -0.39 is 11.5 Å². The number of carbonyl (C=O) groups is 2. The van der Waals surface area contributed by atoms with E-state index in [1.165, 1.54) is 0 Å². The van der Waals surface area contributed by atoms with Crippen LogP contribution in [-0.2, 0) is 9.59 Å². The minimum atomic E-state index is -1.05. The van der Waals surface area contributed by atoms with Crippen LogP contribution in [0.1, 0.15) is 26.7 Å². The van der Waals surface area contributed by atoms with Gasteiger partial charge in [0.1, 0.15) is 5.54 Å². The number of aliphatic carboxylic acids is 1. The van der Waals surface area contributed by atoms with Gasteiger partial charge in [-0.1, -0.05) is 0 Å². The second kappa shape index (κ2) is 4.61. The van der Waals surface area contributed by atoms with Gasteiger partial charge < -0.3 is 10.0 Å². The fourth-order valence-electron chi connectivity index (χ4n) is 1.45. The van der Waals surface area contributed by atoms with Crippen LogP contribution in [0.4, 0.5) is 0 Å². The number of carboxylic acids is 1. The van der Waals surface area contributed by atoms with Crippen molar-refractivity contribution in [3.05, 3.63) is 0 Å². The zero-order valence-corrected chi connectivity index (χ0v) is 9.25. The smallest absolute Gasteiger partial charge is 0.323 e. The summed E-state index contributed by atoms with van der Waals surface area (Å²) in [5.74, 6) is -0.960. The number of amides is 1. The summed E-state index contributed by atoms with van der Waals surface area (Å²) in [7, 11) is 0. The third kappa shape index (κ3) is 3.20. The van der Waals surface area contributed by atoms with Gasteiger partial charge in [-0.15, -0.1) is 0 Å². The molecule has 5 nitrogen and oxygen atoms in total. The minimum Gasteiger partial charge on any atom is -0.480 e. The van der Waals surface area contributed by atoms with Crippen LogP contribution in [0.5, 0.6) is 0 Å². The first-order valence-electron chi connectivity index (χ1n) is 5.20. The molecule has 0 aromatic heterocycles. The molecule has 1 fully saturated rings. The minimum absolute atomic E-state index is 0.0122. The summed E-state index contributed by atoms with van der Waals surface area (Å²) in [6, 6.07) is 0. The van der Waals surface area contributed by atoms with Crippen molar-refractivity contribution in [2.75, 3.05) is 19.6 Å². The number of nitrogens with zero attached hydrogens (tertiary/aromatic N) is 1. The molecule has 0 bridgehead atoms. The largest absolute Gasteiger partial charge is 0.480 e. The lowest BCUT2D eigenvalue weighted by atomic mass is 10.1. The van der Waals surface area contributed by atoms with Gasteiger partial charge in [-0.2, -0.15) is 0 Å². The number of hydrogen-bond acceptors (Lipinski definition) is 3. The standard InChI is InChI=1S/C10H18N2O3/c1-10(2,9(14)15)11-7-8(13)12-5-3-4-6-12/h11H,3-7H2,1-2H3,(H,14,15). The first-order chi connectivity index (χ1) is 6.93. The summed E-state index contributed by atoms with van der Waals surface area (Å²) < 4.78 is 0. The summed E-state index contributed by atoms with van der Waals surface area (Å²) in [5, 5.41) is 11.6. The highest BCUT2D eigenvalue weighted by atomic mass is 16.4. The van der Waals surface area contributed by atoms with Crippen molar-refractivity contribution in [1.82, 2.24) is 10.2 Å². The van der Waals surface area contributed by atoms with Crippen molar-refractivity contribution in [2.24, 2.45) is 0 Å². The molecule has 0 aromatic rings. The molecule has 86 valence electrons. The first-order valence-corrected chi connectivity index (χ1v) is 5.20. The van der Waals surface area contributed by atoms with Gasteiger partial charge in [0, 0.05) is 13.1 Å². The van der Waals surface area contributed by atoms with Crippen molar-refractivity contribution in [3.8, 4) is 0 Å². The molecule has 1 aliphatic rings. The van der Waals surface area contributed by atoms with Gasteiger partial charge in [0.15, 0.2) is 0 Å². The molecule has 0 aliphatic carbocycles. The maximum atomic E-state index is 11.6. The zero-order chi connectivity index (χ0) is 11.5. The number of nitrogens with one attached hydrogen (secondary N) is 1. The molecule has 1 rings (SSSR count). The SMILES string of the molecule is CC(C)(NCC(=O)N1CCCC1)C(=O)O. The van der Waals surface area contributed by atoms with Gasteiger partial charge in [0.25, 0.3) is 0 Å². The molecule has 5 heteroatoms. The molecule has 0 atom stereocenters. The van der Waals surface area contributed by atoms with Crippen LogP contribution in [0.15, 0.2) is 0 Å². The predicted octanol–water partition coefficient (Wildman–Crippen LogP) is 0.0616. The summed E-state index contributed by atoms with van der Waals surface area (Å²) in [6.45, 7) is 4.79. The van der Waals surface area contributed by atoms with E-state index in [0.717, 1.165) is 25.9 Å². The summed E-state index contributed by atoms with van der Waals surface area (Å²) in [6.07, 6.45) is 2.10. The molecule has 0 radical (unpaired) electrons. The second-order valence-corrected chi connectivity index (χ2v) is 4.37. The number of likely N-dealkylation sites (tertiary alicyclic amines) is 1. The lowest BCUT2D eigenvalue weighted by Crippen LogP contribution is -2.50. The zero-order valence-electron chi connectivity index (χ0n) is 9.25. The van der Waals surface area contributed by atoms with Crippen LogP contribution in [0.2, 0.25) is 0 Å². The number of rotatable bonds is 4. The summed E-state index contributed by atoms with van der Waals surface area (Å²) in [4.78, 5) is 24.1. The van der Waals surface area contributed by atoms with Crippen molar-refractivity contribution in [3.63, 3.8) is 0 Å². The van der Waals surface area contributed by atoms with Gasteiger partial charge >= 0.3 is 5.97 Å². The van der Waals surface area contributed by atoms with Crippen LogP contribution >= 0.6 is 0 Å². The van der Waals surface area contributed by atoms with E-state index >= 15 is 0 Å². The number of carboxylic acid groups (broad SMARTS) is 1. The molecular weight excluding hydrogens is 196 g/mol. The normalized spacial score (nSPS) is 16.8. The maximum Gasteiger partial charge on any atom is 0.323 e. The maximum absolute atomic E-state index is 11.6. The van der Waals surface area contributed by atoms with Crippen LogP contribution < -0.4 is 5.32 Å². The van der Waals surface area contributed by atoms with Gasteiger partial charge in [-0.25, -0.2) is 0 Å². The Morgan fingerprint density at radius 1 is 1.33 bits per heavy atom. The quantitative estimate of drug-likeness (QED) is 0.694. The molecule has 1 heterocycles. The number of hydrogen-bond donors (Lipinski definition) is 2. The third-order valence-electron chi connectivity index (χ3n) is 2.67. The molecule has 0 unspecified atom stereocenters. The molecule has 15 heavy (non-hydrogen) atoms. The highest BCUT2D eigenvalue weighted by Gasteiger charge is 2.28. The van der Waals surface area contributed by atoms with E-state index in [1.54, 1.807) is 18.7 Å². The molecular formula is C10H18N2O3. The Bertz CT molecular complexity index is 257. The molecule has 0 saturated carbocycles. The third-order valence-corrected chi connectivity index (χ3v) is 2.67. The summed E-state index contributed by atoms with van der Waals surface area (Å²) in [5.41, 5.74) is -1.05. The first kappa shape index (κ1) is 12.0. The Kier molecular flexibility index (Phi) is 3.68. The van der Waals surface area contributed by atoms with Crippen LogP contribution in [0, 0.1) is 0 Å². The van der Waals surface area contributed by atoms with Crippen LogP contribution in [0.25, 0.3) is 0 Å². The average Bonchev–Trinajstić information content (AvgIpc) is 2.66. The molecule has 1 amide bonds. The van der Waals surface area contributed by atoms with Gasteiger partial charge in [0.05, 0.1) is 6.54 Å². The van der Waals surface area contributed by atoms with Gasteiger partial charge in [0.2, 0.25) is 5.91 Å². The Balaban J connectivity index is 2.36. The highest BCUT2D eigenvalue weighted by Crippen LogP contribution is 2.08. The highest BCUT2D eigenvalue weighted by molar-refractivity contribution is 5.81. The Hall–Kier alpha value is -1.10. The van der Waals surface area contributed by atoms with Gasteiger partial charge in [-0.3, -0.25) is 14.9 Å².